The van der Waals surface area contributed by atoms with E-state index in [9.17, 15) is 0 Å². The van der Waals surface area contributed by atoms with Crippen molar-refractivity contribution >= 4 is 35.1 Å². The third kappa shape index (κ3) is 2.64. The molecule has 0 bridgehead atoms. The largest absolute Gasteiger partial charge is 0.158 e. The third-order valence-corrected chi connectivity index (χ3v) is 4.70. The van der Waals surface area contributed by atoms with Gasteiger partial charge in [-0.05, 0) is 28.8 Å². The summed E-state index contributed by atoms with van der Waals surface area (Å²) in [6.45, 7) is 0. The average molecular weight is 351 g/mol. The topological polar surface area (TPSA) is 24.7 Å². The highest BCUT2D eigenvalue weighted by atomic mass is 35.5. The molecular formula is C20H12Cl2N2. The summed E-state index contributed by atoms with van der Waals surface area (Å²) in [5.74, 6) is 0. The van der Waals surface area contributed by atoms with Crippen molar-refractivity contribution in [1.29, 1.82) is 0 Å². The van der Waals surface area contributed by atoms with Gasteiger partial charge in [-0.25, -0.2) is 0 Å². The molecule has 0 amide bonds. The first-order valence-corrected chi connectivity index (χ1v) is 8.25. The van der Waals surface area contributed by atoms with E-state index in [-0.39, 0.29) is 0 Å². The summed E-state index contributed by atoms with van der Waals surface area (Å²) < 4.78 is 0. The Hall–Kier alpha value is -2.42. The Kier molecular flexibility index (Phi) is 3.93. The van der Waals surface area contributed by atoms with Crippen LogP contribution < -0.4 is 0 Å². The van der Waals surface area contributed by atoms with Gasteiger partial charge in [-0.15, -0.1) is 5.10 Å². The van der Waals surface area contributed by atoms with E-state index in [0.29, 0.717) is 10.0 Å². The van der Waals surface area contributed by atoms with Gasteiger partial charge in [-0.2, -0.15) is 5.10 Å². The van der Waals surface area contributed by atoms with E-state index < -0.39 is 0 Å². The molecule has 0 N–H and O–H groups in total. The van der Waals surface area contributed by atoms with Crippen molar-refractivity contribution in [3.8, 4) is 11.1 Å². The van der Waals surface area contributed by atoms with E-state index in [2.05, 4.69) is 34.5 Å². The van der Waals surface area contributed by atoms with Crippen molar-refractivity contribution in [2.24, 2.45) is 10.2 Å². The zero-order valence-corrected chi connectivity index (χ0v) is 14.1. The van der Waals surface area contributed by atoms with Crippen LogP contribution in [-0.2, 0) is 0 Å². The fourth-order valence-electron chi connectivity index (χ4n) is 2.85. The second-order valence-corrected chi connectivity index (χ2v) is 6.27. The maximum atomic E-state index is 6.02. The molecule has 0 fully saturated rings. The second-order valence-electron chi connectivity index (χ2n) is 5.46. The van der Waals surface area contributed by atoms with Crippen molar-refractivity contribution in [2.45, 2.75) is 0 Å². The number of hydrogen-bond donors (Lipinski definition) is 0. The van der Waals surface area contributed by atoms with Gasteiger partial charge >= 0.3 is 0 Å². The highest BCUT2D eigenvalue weighted by Gasteiger charge is 2.23. The molecule has 1 aliphatic carbocycles. The number of benzene rings is 3. The van der Waals surface area contributed by atoms with Crippen LogP contribution in [0.25, 0.3) is 11.1 Å². The summed E-state index contributed by atoms with van der Waals surface area (Å²) in [4.78, 5) is 0. The minimum Gasteiger partial charge on any atom is -0.158 e. The third-order valence-electron chi connectivity index (χ3n) is 3.96. The van der Waals surface area contributed by atoms with Gasteiger partial charge in [-0.3, -0.25) is 0 Å². The zero-order chi connectivity index (χ0) is 16.5. The van der Waals surface area contributed by atoms with E-state index in [0.717, 1.165) is 22.4 Å². The molecule has 0 radical (unpaired) electrons. The molecule has 116 valence electrons. The van der Waals surface area contributed by atoms with Gasteiger partial charge in [0.15, 0.2) is 0 Å². The van der Waals surface area contributed by atoms with Crippen molar-refractivity contribution in [3.63, 3.8) is 0 Å². The summed E-state index contributed by atoms with van der Waals surface area (Å²) in [6, 6.07) is 21.8. The molecule has 0 saturated heterocycles. The summed E-state index contributed by atoms with van der Waals surface area (Å²) in [5.41, 5.74) is 6.33. The SMILES string of the molecule is Clc1ccc(/C=N/N=C2c3ccccc3-c3ccccc32)cc1Cl. The number of nitrogens with zero attached hydrogens (tertiary/aromatic N) is 2. The minimum atomic E-state index is 0.504. The molecule has 0 heterocycles. The Labute approximate surface area is 150 Å². The van der Waals surface area contributed by atoms with Gasteiger partial charge in [0.1, 0.15) is 5.71 Å². The van der Waals surface area contributed by atoms with Gasteiger partial charge in [0.2, 0.25) is 0 Å². The Balaban J connectivity index is 1.74. The first-order valence-electron chi connectivity index (χ1n) is 7.49. The van der Waals surface area contributed by atoms with Crippen molar-refractivity contribution in [1.82, 2.24) is 0 Å². The van der Waals surface area contributed by atoms with Crippen LogP contribution in [0.15, 0.2) is 76.9 Å². The van der Waals surface area contributed by atoms with Crippen LogP contribution in [0.3, 0.4) is 0 Å². The Morgan fingerprint density at radius 2 is 1.25 bits per heavy atom. The van der Waals surface area contributed by atoms with Crippen LogP contribution in [-0.4, -0.2) is 11.9 Å². The molecule has 4 heteroatoms. The first kappa shape index (κ1) is 15.1. The molecule has 3 aromatic carbocycles. The Morgan fingerprint density at radius 1 is 0.667 bits per heavy atom. The standard InChI is InChI=1S/C20H12Cl2N2/c21-18-10-9-13(11-19(18)22)12-23-24-20-16-7-3-1-5-14(16)15-6-2-4-8-17(15)20/h1-12H/b23-12+. The highest BCUT2D eigenvalue weighted by molar-refractivity contribution is 6.42. The lowest BCUT2D eigenvalue weighted by molar-refractivity contribution is 1.25. The molecule has 0 aromatic heterocycles. The van der Waals surface area contributed by atoms with E-state index >= 15 is 0 Å². The van der Waals surface area contributed by atoms with E-state index in [1.807, 2.05) is 30.3 Å². The molecular weight excluding hydrogens is 339 g/mol. The van der Waals surface area contributed by atoms with Gasteiger partial charge in [0.25, 0.3) is 0 Å². The summed E-state index contributed by atoms with van der Waals surface area (Å²) in [7, 11) is 0. The van der Waals surface area contributed by atoms with Gasteiger partial charge in [-0.1, -0.05) is 77.8 Å². The first-order chi connectivity index (χ1) is 11.7. The smallest absolute Gasteiger partial charge is 0.101 e. The van der Waals surface area contributed by atoms with Crippen LogP contribution in [0.2, 0.25) is 10.0 Å². The summed E-state index contributed by atoms with van der Waals surface area (Å²) >= 11 is 12.0. The number of hydrogen-bond acceptors (Lipinski definition) is 2. The number of halogens is 2. The molecule has 1 aliphatic rings. The average Bonchev–Trinajstić information content (AvgIpc) is 2.93. The van der Waals surface area contributed by atoms with Gasteiger partial charge in [0, 0.05) is 11.1 Å². The van der Waals surface area contributed by atoms with E-state index in [1.165, 1.54) is 11.1 Å². The highest BCUT2D eigenvalue weighted by Crippen LogP contribution is 2.36. The predicted molar refractivity (Wildman–Crippen MR) is 102 cm³/mol. The zero-order valence-electron chi connectivity index (χ0n) is 12.6. The lowest BCUT2D eigenvalue weighted by atomic mass is 10.1. The molecule has 4 rings (SSSR count). The Morgan fingerprint density at radius 3 is 1.83 bits per heavy atom. The fourth-order valence-corrected chi connectivity index (χ4v) is 3.15. The molecule has 0 spiro atoms. The minimum absolute atomic E-state index is 0.504. The number of rotatable bonds is 2. The van der Waals surface area contributed by atoms with Crippen molar-refractivity contribution in [2.75, 3.05) is 0 Å². The fraction of sp³-hybridized carbons (Fsp3) is 0. The monoisotopic (exact) mass is 350 g/mol. The van der Waals surface area contributed by atoms with Crippen LogP contribution in [0.5, 0.6) is 0 Å². The van der Waals surface area contributed by atoms with Crippen LogP contribution in [0.1, 0.15) is 16.7 Å². The molecule has 2 nitrogen and oxygen atoms in total. The predicted octanol–water partition coefficient (Wildman–Crippen LogP) is 5.85. The maximum Gasteiger partial charge on any atom is 0.101 e. The molecule has 0 aliphatic heterocycles. The van der Waals surface area contributed by atoms with Crippen LogP contribution >= 0.6 is 23.2 Å². The van der Waals surface area contributed by atoms with Crippen molar-refractivity contribution in [3.05, 3.63) is 93.5 Å². The summed E-state index contributed by atoms with van der Waals surface area (Å²) in [5, 5.41) is 9.75. The lowest BCUT2D eigenvalue weighted by Gasteiger charge is -1.99. The second kappa shape index (κ2) is 6.23. The molecule has 0 saturated carbocycles. The lowest BCUT2D eigenvalue weighted by Crippen LogP contribution is -1.97. The quantitative estimate of drug-likeness (QED) is 0.320. The number of fused-ring (bicyclic) bond motifs is 3. The van der Waals surface area contributed by atoms with E-state index in [1.54, 1.807) is 18.3 Å². The molecule has 0 atom stereocenters. The molecule has 0 unspecified atom stereocenters. The van der Waals surface area contributed by atoms with Gasteiger partial charge < -0.3 is 0 Å². The van der Waals surface area contributed by atoms with Crippen LogP contribution in [0.4, 0.5) is 0 Å². The van der Waals surface area contributed by atoms with E-state index in [4.69, 9.17) is 23.2 Å². The maximum absolute atomic E-state index is 6.02. The van der Waals surface area contributed by atoms with Gasteiger partial charge in [0.05, 0.1) is 16.3 Å². The Bertz CT molecular complexity index is 943. The normalized spacial score (nSPS) is 12.3. The van der Waals surface area contributed by atoms with Crippen molar-refractivity contribution < 1.29 is 0 Å². The summed E-state index contributed by atoms with van der Waals surface area (Å²) in [6.07, 6.45) is 1.68. The van der Waals surface area contributed by atoms with Crippen LogP contribution in [0, 0.1) is 0 Å². The molecule has 3 aromatic rings. The molecule has 24 heavy (non-hydrogen) atoms.